The molecule has 3 rings (SSSR count). The Balaban J connectivity index is 2.04. The number of thiazole rings is 1. The molecule has 0 atom stereocenters. The molecule has 0 fully saturated rings. The van der Waals surface area contributed by atoms with E-state index in [0.29, 0.717) is 17.4 Å². The number of halogens is 2. The molecule has 104 valence electrons. The van der Waals surface area contributed by atoms with E-state index in [4.69, 9.17) is 23.2 Å². The van der Waals surface area contributed by atoms with Crippen molar-refractivity contribution < 1.29 is 0 Å². The molecule has 0 aliphatic heterocycles. The molecule has 0 saturated heterocycles. The SMILES string of the molecule is CCc1cnc(Cn2c(CCl)nc3cc(Cl)cnc32)s1. The van der Waals surface area contributed by atoms with Crippen LogP contribution in [0.15, 0.2) is 18.5 Å². The van der Waals surface area contributed by atoms with Gasteiger partial charge in [-0.05, 0) is 12.5 Å². The molecule has 0 N–H and O–H groups in total. The molecule has 0 amide bonds. The summed E-state index contributed by atoms with van der Waals surface area (Å²) in [6.45, 7) is 2.76. The van der Waals surface area contributed by atoms with Gasteiger partial charge in [0.05, 0.1) is 17.4 Å². The van der Waals surface area contributed by atoms with Crippen molar-refractivity contribution in [3.05, 3.63) is 39.2 Å². The first-order valence-electron chi connectivity index (χ1n) is 6.21. The summed E-state index contributed by atoms with van der Waals surface area (Å²) < 4.78 is 2.00. The van der Waals surface area contributed by atoms with Crippen LogP contribution in [0.3, 0.4) is 0 Å². The first kappa shape index (κ1) is 13.8. The maximum atomic E-state index is 5.98. The lowest BCUT2D eigenvalue weighted by Crippen LogP contribution is -2.04. The minimum absolute atomic E-state index is 0.333. The van der Waals surface area contributed by atoms with Crippen LogP contribution in [0.4, 0.5) is 0 Å². The van der Waals surface area contributed by atoms with E-state index in [-0.39, 0.29) is 0 Å². The second-order valence-electron chi connectivity index (χ2n) is 4.32. The Morgan fingerprint density at radius 1 is 1.30 bits per heavy atom. The lowest BCUT2D eigenvalue weighted by Gasteiger charge is -2.04. The molecule has 7 heteroatoms. The largest absolute Gasteiger partial charge is 0.305 e. The highest BCUT2D eigenvalue weighted by molar-refractivity contribution is 7.11. The van der Waals surface area contributed by atoms with Gasteiger partial charge in [-0.1, -0.05) is 18.5 Å². The Labute approximate surface area is 130 Å². The summed E-state index contributed by atoms with van der Waals surface area (Å²) in [5, 5.41) is 1.61. The third-order valence-corrected chi connectivity index (χ3v) is 4.57. The van der Waals surface area contributed by atoms with Crippen LogP contribution in [0.25, 0.3) is 11.2 Å². The average Bonchev–Trinajstić information content (AvgIpc) is 3.03. The fourth-order valence-electron chi connectivity index (χ4n) is 2.02. The summed E-state index contributed by atoms with van der Waals surface area (Å²) in [4.78, 5) is 14.5. The number of aromatic nitrogens is 4. The van der Waals surface area contributed by atoms with E-state index in [1.165, 1.54) is 4.88 Å². The molecule has 0 aliphatic rings. The topological polar surface area (TPSA) is 43.6 Å². The Hall–Kier alpha value is -1.17. The third-order valence-electron chi connectivity index (χ3n) is 2.99. The van der Waals surface area contributed by atoms with Gasteiger partial charge < -0.3 is 4.57 Å². The summed E-state index contributed by atoms with van der Waals surface area (Å²) in [7, 11) is 0. The molecule has 0 aromatic carbocycles. The number of fused-ring (bicyclic) bond motifs is 1. The molecule has 0 aliphatic carbocycles. The Bertz CT molecular complexity index is 750. The van der Waals surface area contributed by atoms with Gasteiger partial charge in [0.1, 0.15) is 16.3 Å². The third kappa shape index (κ3) is 2.53. The maximum absolute atomic E-state index is 5.98. The smallest absolute Gasteiger partial charge is 0.160 e. The van der Waals surface area contributed by atoms with Gasteiger partial charge in [-0.15, -0.1) is 22.9 Å². The minimum Gasteiger partial charge on any atom is -0.305 e. The molecule has 3 aromatic rings. The first-order chi connectivity index (χ1) is 9.71. The summed E-state index contributed by atoms with van der Waals surface area (Å²) in [6.07, 6.45) is 4.54. The fraction of sp³-hybridized carbons (Fsp3) is 0.308. The van der Waals surface area contributed by atoms with E-state index < -0.39 is 0 Å². The molecule has 0 saturated carbocycles. The minimum atomic E-state index is 0.333. The maximum Gasteiger partial charge on any atom is 0.160 e. The normalized spacial score (nSPS) is 11.3. The number of alkyl halides is 1. The molecule has 20 heavy (non-hydrogen) atoms. The Kier molecular flexibility index (Phi) is 3.92. The second-order valence-corrected chi connectivity index (χ2v) is 6.22. The highest BCUT2D eigenvalue weighted by Gasteiger charge is 2.13. The van der Waals surface area contributed by atoms with E-state index in [1.807, 2.05) is 10.8 Å². The van der Waals surface area contributed by atoms with Crippen LogP contribution in [0, 0.1) is 0 Å². The van der Waals surface area contributed by atoms with Crippen molar-refractivity contribution in [1.29, 1.82) is 0 Å². The van der Waals surface area contributed by atoms with Gasteiger partial charge in [-0.3, -0.25) is 0 Å². The molecular weight excluding hydrogens is 315 g/mol. The van der Waals surface area contributed by atoms with Gasteiger partial charge in [0.25, 0.3) is 0 Å². The molecule has 3 aromatic heterocycles. The second kappa shape index (κ2) is 5.68. The predicted molar refractivity (Wildman–Crippen MR) is 82.7 cm³/mol. The van der Waals surface area contributed by atoms with Crippen molar-refractivity contribution in [2.75, 3.05) is 0 Å². The van der Waals surface area contributed by atoms with E-state index in [9.17, 15) is 0 Å². The van der Waals surface area contributed by atoms with Crippen LogP contribution in [-0.2, 0) is 18.8 Å². The number of rotatable bonds is 4. The molecule has 0 unspecified atom stereocenters. The zero-order valence-corrected chi connectivity index (χ0v) is 13.1. The van der Waals surface area contributed by atoms with Crippen LogP contribution in [-0.4, -0.2) is 19.5 Å². The number of hydrogen-bond donors (Lipinski definition) is 0. The Morgan fingerprint density at radius 3 is 2.85 bits per heavy atom. The highest BCUT2D eigenvalue weighted by Crippen LogP contribution is 2.22. The fourth-order valence-corrected chi connectivity index (χ4v) is 3.23. The number of hydrogen-bond acceptors (Lipinski definition) is 4. The molecule has 0 spiro atoms. The number of aryl methyl sites for hydroxylation is 1. The van der Waals surface area contributed by atoms with Crippen LogP contribution in [0.1, 0.15) is 22.6 Å². The van der Waals surface area contributed by atoms with Gasteiger partial charge in [-0.25, -0.2) is 15.0 Å². The molecule has 3 heterocycles. The standard InChI is InChI=1S/C13H12Cl2N4S/c1-2-9-6-16-12(20-9)7-19-11(4-14)18-10-3-8(15)5-17-13(10)19/h3,5-6H,2,4,7H2,1H3. The van der Waals surface area contributed by atoms with Gasteiger partial charge in [0, 0.05) is 17.3 Å². The van der Waals surface area contributed by atoms with Crippen molar-refractivity contribution in [2.24, 2.45) is 0 Å². The number of pyridine rings is 1. The predicted octanol–water partition coefficient (Wildman–Crippen LogP) is 3.89. The van der Waals surface area contributed by atoms with Crippen LogP contribution < -0.4 is 0 Å². The van der Waals surface area contributed by atoms with E-state index in [1.54, 1.807) is 23.6 Å². The van der Waals surface area contributed by atoms with Gasteiger partial charge in [0.2, 0.25) is 0 Å². The molecule has 4 nitrogen and oxygen atoms in total. The van der Waals surface area contributed by atoms with E-state index >= 15 is 0 Å². The summed E-state index contributed by atoms with van der Waals surface area (Å²) in [5.41, 5.74) is 1.55. The number of imidazole rings is 1. The van der Waals surface area contributed by atoms with Crippen LogP contribution in [0.2, 0.25) is 5.02 Å². The summed E-state index contributed by atoms with van der Waals surface area (Å²) in [5.74, 6) is 1.12. The average molecular weight is 327 g/mol. The van der Waals surface area contributed by atoms with E-state index in [2.05, 4.69) is 21.9 Å². The van der Waals surface area contributed by atoms with Crippen molar-refractivity contribution in [3.63, 3.8) is 0 Å². The molecule has 0 radical (unpaired) electrons. The first-order valence-corrected chi connectivity index (χ1v) is 7.94. The van der Waals surface area contributed by atoms with Gasteiger partial charge in [-0.2, -0.15) is 0 Å². The molecule has 0 bridgehead atoms. The highest BCUT2D eigenvalue weighted by atomic mass is 35.5. The Morgan fingerprint density at radius 2 is 2.15 bits per heavy atom. The zero-order chi connectivity index (χ0) is 14.1. The zero-order valence-electron chi connectivity index (χ0n) is 10.8. The molecular formula is C13H12Cl2N4S. The van der Waals surface area contributed by atoms with Crippen molar-refractivity contribution in [2.45, 2.75) is 25.8 Å². The lowest BCUT2D eigenvalue weighted by atomic mass is 10.4. The van der Waals surface area contributed by atoms with Crippen molar-refractivity contribution >= 4 is 45.7 Å². The van der Waals surface area contributed by atoms with Crippen molar-refractivity contribution in [1.82, 2.24) is 19.5 Å². The van der Waals surface area contributed by atoms with Gasteiger partial charge in [0.15, 0.2) is 5.65 Å². The van der Waals surface area contributed by atoms with Gasteiger partial charge >= 0.3 is 0 Å². The monoisotopic (exact) mass is 326 g/mol. The lowest BCUT2D eigenvalue weighted by molar-refractivity contribution is 0.765. The van der Waals surface area contributed by atoms with Crippen molar-refractivity contribution in [3.8, 4) is 0 Å². The van der Waals surface area contributed by atoms with Crippen LogP contribution >= 0.6 is 34.5 Å². The quantitative estimate of drug-likeness (QED) is 0.683. The van der Waals surface area contributed by atoms with Crippen LogP contribution in [0.5, 0.6) is 0 Å². The number of nitrogens with zero attached hydrogens (tertiary/aromatic N) is 4. The summed E-state index contributed by atoms with van der Waals surface area (Å²) >= 11 is 13.6. The van der Waals surface area contributed by atoms with E-state index in [0.717, 1.165) is 28.4 Å². The summed E-state index contributed by atoms with van der Waals surface area (Å²) in [6, 6.07) is 1.80.